The van der Waals surface area contributed by atoms with Crippen LogP contribution in [0, 0.1) is 6.26 Å². The molecule has 1 nitrogen and oxygen atoms in total. The highest BCUT2D eigenvalue weighted by atomic mass is 32.2. The molecule has 0 fully saturated rings. The molecule has 0 bridgehead atoms. The van der Waals surface area contributed by atoms with Gasteiger partial charge in [0, 0.05) is 23.5 Å². The Balaban J connectivity index is 2.07. The van der Waals surface area contributed by atoms with E-state index in [1.54, 1.807) is 11.8 Å². The predicted molar refractivity (Wildman–Crippen MR) is 81.3 cm³/mol. The number of hydrogen-bond donors (Lipinski definition) is 0. The zero-order valence-corrected chi connectivity index (χ0v) is 11.7. The summed E-state index contributed by atoms with van der Waals surface area (Å²) in [6.45, 7) is 5.38. The minimum absolute atomic E-state index is 0.808. The van der Waals surface area contributed by atoms with Gasteiger partial charge in [-0.1, -0.05) is 36.9 Å². The molecule has 0 atom stereocenters. The molecular formula is C14H19OS2. The molecule has 0 spiro atoms. The van der Waals surface area contributed by atoms with Crippen LogP contribution in [0.4, 0.5) is 0 Å². The number of benzene rings is 1. The van der Waals surface area contributed by atoms with Crippen LogP contribution in [0.1, 0.15) is 11.1 Å². The Hall–Kier alpha value is -0.380. The quantitative estimate of drug-likeness (QED) is 0.623. The van der Waals surface area contributed by atoms with E-state index in [1.165, 1.54) is 11.1 Å². The van der Waals surface area contributed by atoms with Gasteiger partial charge in [0.15, 0.2) is 0 Å². The second-order valence-corrected chi connectivity index (χ2v) is 5.44. The summed E-state index contributed by atoms with van der Waals surface area (Å²) in [5, 5.41) is 0. The fourth-order valence-corrected chi connectivity index (χ4v) is 2.32. The summed E-state index contributed by atoms with van der Waals surface area (Å²) in [4.78, 5) is 0. The minimum atomic E-state index is 0.808. The molecule has 93 valence electrons. The third-order valence-electron chi connectivity index (χ3n) is 2.23. The van der Waals surface area contributed by atoms with Crippen LogP contribution < -0.4 is 0 Å². The summed E-state index contributed by atoms with van der Waals surface area (Å²) in [5.41, 5.74) is 2.53. The highest BCUT2D eigenvalue weighted by molar-refractivity contribution is 8.00. The molecule has 17 heavy (non-hydrogen) atoms. The van der Waals surface area contributed by atoms with E-state index in [0.717, 1.165) is 30.5 Å². The normalized spacial score (nSPS) is 10.4. The standard InChI is InChI=1S/C14H19OS2/c1-3-13-4-6-14(7-5-13)12-17-11-9-15-8-10-16-2/h3-7H,1-2,8-12H2. The average molecular weight is 267 g/mol. The Morgan fingerprint density at radius 2 is 1.82 bits per heavy atom. The molecule has 1 aromatic rings. The van der Waals surface area contributed by atoms with E-state index in [4.69, 9.17) is 4.74 Å². The fourth-order valence-electron chi connectivity index (χ4n) is 1.28. The summed E-state index contributed by atoms with van der Waals surface area (Å²) < 4.78 is 5.45. The SMILES string of the molecule is [CH2]SCCOCCSCc1ccc(C=C)cc1. The number of thioether (sulfide) groups is 2. The van der Waals surface area contributed by atoms with Crippen LogP contribution in [-0.2, 0) is 10.5 Å². The van der Waals surface area contributed by atoms with Crippen LogP contribution in [-0.4, -0.2) is 24.7 Å². The van der Waals surface area contributed by atoms with Gasteiger partial charge in [0.2, 0.25) is 0 Å². The number of rotatable bonds is 9. The van der Waals surface area contributed by atoms with Crippen LogP contribution in [0.3, 0.4) is 0 Å². The zero-order chi connectivity index (χ0) is 12.3. The van der Waals surface area contributed by atoms with Crippen LogP contribution in [0.2, 0.25) is 0 Å². The van der Waals surface area contributed by atoms with Gasteiger partial charge in [-0.15, -0.1) is 0 Å². The molecular weight excluding hydrogens is 248 g/mol. The number of hydrogen-bond acceptors (Lipinski definition) is 3. The van der Waals surface area contributed by atoms with Gasteiger partial charge in [0.05, 0.1) is 13.2 Å². The van der Waals surface area contributed by atoms with Gasteiger partial charge in [-0.25, -0.2) is 0 Å². The van der Waals surface area contributed by atoms with E-state index in [1.807, 2.05) is 17.8 Å². The van der Waals surface area contributed by atoms with Crippen LogP contribution in [0.25, 0.3) is 6.08 Å². The Bertz CT molecular complexity index is 309. The summed E-state index contributed by atoms with van der Waals surface area (Å²) in [7, 11) is 0. The maximum absolute atomic E-state index is 5.45. The maximum Gasteiger partial charge on any atom is 0.0557 e. The molecule has 3 heteroatoms. The lowest BCUT2D eigenvalue weighted by atomic mass is 10.1. The molecule has 0 heterocycles. The summed E-state index contributed by atoms with van der Waals surface area (Å²) in [6.07, 6.45) is 5.56. The topological polar surface area (TPSA) is 9.23 Å². The Morgan fingerprint density at radius 3 is 2.47 bits per heavy atom. The number of ether oxygens (including phenoxy) is 1. The molecule has 0 unspecified atom stereocenters. The Kier molecular flexibility index (Phi) is 8.32. The van der Waals surface area contributed by atoms with Crippen molar-refractivity contribution in [3.8, 4) is 0 Å². The third kappa shape index (κ3) is 6.81. The lowest BCUT2D eigenvalue weighted by Crippen LogP contribution is -2.01. The lowest BCUT2D eigenvalue weighted by Gasteiger charge is -2.04. The first-order valence-electron chi connectivity index (χ1n) is 5.60. The van der Waals surface area contributed by atoms with Gasteiger partial charge in [0.25, 0.3) is 0 Å². The van der Waals surface area contributed by atoms with Crippen molar-refractivity contribution in [2.45, 2.75) is 5.75 Å². The van der Waals surface area contributed by atoms with E-state index in [9.17, 15) is 0 Å². The molecule has 1 radical (unpaired) electrons. The van der Waals surface area contributed by atoms with E-state index >= 15 is 0 Å². The Labute approximate surface area is 113 Å². The van der Waals surface area contributed by atoms with Crippen molar-refractivity contribution in [1.29, 1.82) is 0 Å². The van der Waals surface area contributed by atoms with E-state index in [2.05, 4.69) is 37.1 Å². The van der Waals surface area contributed by atoms with Crippen molar-refractivity contribution in [1.82, 2.24) is 0 Å². The van der Waals surface area contributed by atoms with Crippen molar-refractivity contribution in [3.63, 3.8) is 0 Å². The largest absolute Gasteiger partial charge is 0.380 e. The van der Waals surface area contributed by atoms with Crippen molar-refractivity contribution < 1.29 is 4.74 Å². The third-order valence-corrected chi connectivity index (χ3v) is 3.68. The smallest absolute Gasteiger partial charge is 0.0557 e. The van der Waals surface area contributed by atoms with E-state index in [-0.39, 0.29) is 0 Å². The fraction of sp³-hybridized carbons (Fsp3) is 0.357. The van der Waals surface area contributed by atoms with Gasteiger partial charge >= 0.3 is 0 Å². The van der Waals surface area contributed by atoms with Crippen LogP contribution in [0.5, 0.6) is 0 Å². The van der Waals surface area contributed by atoms with Gasteiger partial charge in [-0.3, -0.25) is 0 Å². The maximum atomic E-state index is 5.45. The molecule has 1 rings (SSSR count). The molecule has 0 aliphatic heterocycles. The first-order valence-corrected chi connectivity index (χ1v) is 7.91. The minimum Gasteiger partial charge on any atom is -0.380 e. The molecule has 0 saturated heterocycles. The van der Waals surface area contributed by atoms with Gasteiger partial charge in [0.1, 0.15) is 0 Å². The molecule has 0 aliphatic rings. The van der Waals surface area contributed by atoms with Crippen molar-refractivity contribution in [2.75, 3.05) is 24.7 Å². The second-order valence-electron chi connectivity index (χ2n) is 3.52. The molecule has 0 N–H and O–H groups in total. The highest BCUT2D eigenvalue weighted by Crippen LogP contribution is 2.13. The van der Waals surface area contributed by atoms with E-state index in [0.29, 0.717) is 0 Å². The van der Waals surface area contributed by atoms with Gasteiger partial charge < -0.3 is 4.74 Å². The molecule has 1 aromatic carbocycles. The molecule has 0 aromatic heterocycles. The van der Waals surface area contributed by atoms with Crippen molar-refractivity contribution in [3.05, 3.63) is 48.2 Å². The lowest BCUT2D eigenvalue weighted by molar-refractivity contribution is 0.167. The molecule has 0 amide bonds. The first-order chi connectivity index (χ1) is 8.36. The average Bonchev–Trinajstić information content (AvgIpc) is 2.38. The predicted octanol–water partition coefficient (Wildman–Crippen LogP) is 4.10. The summed E-state index contributed by atoms with van der Waals surface area (Å²) in [6, 6.07) is 8.52. The second kappa shape index (κ2) is 9.63. The van der Waals surface area contributed by atoms with Crippen LogP contribution in [0.15, 0.2) is 30.8 Å². The Morgan fingerprint density at radius 1 is 1.12 bits per heavy atom. The van der Waals surface area contributed by atoms with E-state index < -0.39 is 0 Å². The van der Waals surface area contributed by atoms with Gasteiger partial charge in [-0.2, -0.15) is 23.5 Å². The summed E-state index contributed by atoms with van der Waals surface area (Å²) >= 11 is 3.48. The highest BCUT2D eigenvalue weighted by Gasteiger charge is 1.94. The summed E-state index contributed by atoms with van der Waals surface area (Å²) in [5.74, 6) is 3.07. The molecule has 0 saturated carbocycles. The van der Waals surface area contributed by atoms with Gasteiger partial charge in [-0.05, 0) is 11.1 Å². The monoisotopic (exact) mass is 267 g/mol. The van der Waals surface area contributed by atoms with Crippen molar-refractivity contribution in [2.24, 2.45) is 0 Å². The zero-order valence-electron chi connectivity index (χ0n) is 10.1. The van der Waals surface area contributed by atoms with Crippen molar-refractivity contribution >= 4 is 29.6 Å². The molecule has 0 aliphatic carbocycles. The van der Waals surface area contributed by atoms with Crippen LogP contribution >= 0.6 is 23.5 Å². The first kappa shape index (κ1) is 14.7.